The lowest BCUT2D eigenvalue weighted by Gasteiger charge is -2.31. The van der Waals surface area contributed by atoms with Crippen LogP contribution in [0.4, 0.5) is 0 Å². The van der Waals surface area contributed by atoms with E-state index in [2.05, 4.69) is 22.0 Å². The summed E-state index contributed by atoms with van der Waals surface area (Å²) in [5.41, 5.74) is 4.71. The van der Waals surface area contributed by atoms with Gasteiger partial charge in [-0.3, -0.25) is 9.78 Å². The lowest BCUT2D eigenvalue weighted by Crippen LogP contribution is -2.36. The second-order valence-corrected chi connectivity index (χ2v) is 10.9. The third-order valence-electron chi connectivity index (χ3n) is 7.40. The molecule has 0 aliphatic carbocycles. The predicted molar refractivity (Wildman–Crippen MR) is 147 cm³/mol. The number of piperidine rings is 1. The number of carbonyl (C=O) groups excluding carboxylic acids is 1. The van der Waals surface area contributed by atoms with E-state index >= 15 is 0 Å². The van der Waals surface area contributed by atoms with Crippen molar-refractivity contribution in [2.75, 3.05) is 19.6 Å². The molecular weight excluding hydrogens is 484 g/mol. The summed E-state index contributed by atoms with van der Waals surface area (Å²) in [7, 11) is 0. The molecule has 2 aliphatic heterocycles. The number of halogens is 1. The number of fused-ring (bicyclic) bond motifs is 2. The maximum Gasteiger partial charge on any atom is 0.166 e. The maximum atomic E-state index is 12.9. The standard InChI is InChI=1S/C31H33ClN2O3/c1-31(2,36)23-9-12-29-27(19-23)25(26-5-3-15-33-28(26)20-37-29)6-4-16-34-17-13-22(14-18-34)30(35)21-7-10-24(32)11-8-21/h3,5-12,15,19,22,36H,4,13-14,16-18,20H2,1-2H3. The van der Waals surface area contributed by atoms with Crippen LogP contribution in [0.15, 0.2) is 66.9 Å². The average Bonchev–Trinajstić information content (AvgIpc) is 3.05. The smallest absolute Gasteiger partial charge is 0.166 e. The van der Waals surface area contributed by atoms with Gasteiger partial charge in [0.2, 0.25) is 0 Å². The molecule has 1 saturated heterocycles. The van der Waals surface area contributed by atoms with Crippen LogP contribution in [0.3, 0.4) is 0 Å². The number of carbonyl (C=O) groups is 1. The minimum Gasteiger partial charge on any atom is -0.487 e. The number of rotatable bonds is 6. The molecule has 1 aromatic heterocycles. The molecule has 0 amide bonds. The fourth-order valence-electron chi connectivity index (χ4n) is 5.22. The Morgan fingerprint density at radius 2 is 1.89 bits per heavy atom. The van der Waals surface area contributed by atoms with E-state index in [4.69, 9.17) is 16.3 Å². The summed E-state index contributed by atoms with van der Waals surface area (Å²) < 4.78 is 6.11. The number of likely N-dealkylation sites (tertiary alicyclic amines) is 1. The number of ketones is 1. The molecule has 5 nitrogen and oxygen atoms in total. The van der Waals surface area contributed by atoms with Gasteiger partial charge in [-0.2, -0.15) is 0 Å². The van der Waals surface area contributed by atoms with Crippen LogP contribution in [0, 0.1) is 5.92 Å². The van der Waals surface area contributed by atoms with Crippen molar-refractivity contribution in [1.82, 2.24) is 9.88 Å². The summed E-state index contributed by atoms with van der Waals surface area (Å²) in [6.07, 6.45) is 6.68. The van der Waals surface area contributed by atoms with E-state index in [0.29, 0.717) is 11.6 Å². The number of hydrogen-bond donors (Lipinski definition) is 1. The van der Waals surface area contributed by atoms with Crippen molar-refractivity contribution in [3.05, 3.63) is 99.8 Å². The molecule has 1 N–H and O–H groups in total. The first kappa shape index (κ1) is 25.7. The zero-order valence-electron chi connectivity index (χ0n) is 21.4. The Labute approximate surface area is 223 Å². The first-order valence-corrected chi connectivity index (χ1v) is 13.3. The first-order valence-electron chi connectivity index (χ1n) is 13.0. The van der Waals surface area contributed by atoms with Gasteiger partial charge in [0, 0.05) is 40.4 Å². The minimum absolute atomic E-state index is 0.0693. The highest BCUT2D eigenvalue weighted by atomic mass is 35.5. The van der Waals surface area contributed by atoms with Gasteiger partial charge in [0.1, 0.15) is 12.4 Å². The number of aliphatic hydroxyl groups is 1. The van der Waals surface area contributed by atoms with Gasteiger partial charge in [0.05, 0.1) is 11.3 Å². The van der Waals surface area contributed by atoms with E-state index in [9.17, 15) is 9.90 Å². The van der Waals surface area contributed by atoms with Gasteiger partial charge in [-0.05, 0) is 99.8 Å². The van der Waals surface area contributed by atoms with Crippen LogP contribution in [0.2, 0.25) is 5.02 Å². The maximum absolute atomic E-state index is 12.9. The van der Waals surface area contributed by atoms with Crippen molar-refractivity contribution in [1.29, 1.82) is 0 Å². The zero-order valence-corrected chi connectivity index (χ0v) is 22.2. The molecular formula is C31H33ClN2O3. The monoisotopic (exact) mass is 516 g/mol. The highest BCUT2D eigenvalue weighted by Gasteiger charge is 2.26. The summed E-state index contributed by atoms with van der Waals surface area (Å²) >= 11 is 5.97. The topological polar surface area (TPSA) is 62.7 Å². The lowest BCUT2D eigenvalue weighted by atomic mass is 9.88. The molecule has 0 bridgehead atoms. The molecule has 0 radical (unpaired) electrons. The number of aromatic nitrogens is 1. The van der Waals surface area contributed by atoms with Crippen LogP contribution in [-0.2, 0) is 12.2 Å². The summed E-state index contributed by atoms with van der Waals surface area (Å²) in [6, 6.07) is 17.2. The Kier molecular flexibility index (Phi) is 7.47. The summed E-state index contributed by atoms with van der Waals surface area (Å²) in [4.78, 5) is 19.9. The molecule has 3 aromatic rings. The van der Waals surface area contributed by atoms with E-state index in [0.717, 1.165) is 78.2 Å². The number of hydrogen-bond acceptors (Lipinski definition) is 5. The quantitative estimate of drug-likeness (QED) is 0.391. The largest absolute Gasteiger partial charge is 0.487 e. The van der Waals surface area contributed by atoms with Crippen molar-refractivity contribution in [2.24, 2.45) is 5.92 Å². The first-order chi connectivity index (χ1) is 17.8. The molecule has 2 aliphatic rings. The molecule has 6 heteroatoms. The summed E-state index contributed by atoms with van der Waals surface area (Å²) in [5.74, 6) is 1.10. The normalized spacial score (nSPS) is 17.6. The highest BCUT2D eigenvalue weighted by molar-refractivity contribution is 6.30. The molecule has 0 unspecified atom stereocenters. The Hall–Kier alpha value is -2.99. The van der Waals surface area contributed by atoms with E-state index in [1.54, 1.807) is 32.2 Å². The highest BCUT2D eigenvalue weighted by Crippen LogP contribution is 2.38. The number of Topliss-reactive ketones (excluding diaryl/α,β-unsaturated/α-hetero) is 1. The Morgan fingerprint density at radius 3 is 2.62 bits per heavy atom. The SMILES string of the molecule is CC(C)(O)c1ccc2c(c1)C(=CCCN1CCC(C(=O)c3ccc(Cl)cc3)CC1)c1cccnc1CO2. The Morgan fingerprint density at radius 1 is 1.14 bits per heavy atom. The molecule has 3 heterocycles. The molecule has 0 atom stereocenters. The van der Waals surface area contributed by atoms with E-state index in [1.165, 1.54) is 0 Å². The number of ether oxygens (including phenoxy) is 1. The van der Waals surface area contributed by atoms with Gasteiger partial charge >= 0.3 is 0 Å². The van der Waals surface area contributed by atoms with Crippen molar-refractivity contribution in [3.63, 3.8) is 0 Å². The van der Waals surface area contributed by atoms with Crippen molar-refractivity contribution < 1.29 is 14.6 Å². The molecule has 0 saturated carbocycles. The van der Waals surface area contributed by atoms with Gasteiger partial charge < -0.3 is 14.7 Å². The van der Waals surface area contributed by atoms with Crippen molar-refractivity contribution in [3.8, 4) is 5.75 Å². The average molecular weight is 517 g/mol. The van der Waals surface area contributed by atoms with Crippen molar-refractivity contribution >= 4 is 23.0 Å². The van der Waals surface area contributed by atoms with Crippen LogP contribution >= 0.6 is 11.6 Å². The second-order valence-electron chi connectivity index (χ2n) is 10.4. The number of nitrogens with zero attached hydrogens (tertiary/aromatic N) is 2. The van der Waals surface area contributed by atoms with Crippen LogP contribution in [0.5, 0.6) is 5.75 Å². The zero-order chi connectivity index (χ0) is 26.0. The van der Waals surface area contributed by atoms with Crippen LogP contribution < -0.4 is 4.74 Å². The van der Waals surface area contributed by atoms with Gasteiger partial charge in [0.25, 0.3) is 0 Å². The molecule has 37 heavy (non-hydrogen) atoms. The molecule has 0 spiro atoms. The van der Waals surface area contributed by atoms with Gasteiger partial charge in [-0.25, -0.2) is 0 Å². The van der Waals surface area contributed by atoms with Crippen molar-refractivity contribution in [2.45, 2.75) is 45.3 Å². The summed E-state index contributed by atoms with van der Waals surface area (Å²) in [5, 5.41) is 11.3. The van der Waals surface area contributed by atoms with Crippen LogP contribution in [-0.4, -0.2) is 40.4 Å². The third kappa shape index (κ3) is 5.80. The fourth-order valence-corrected chi connectivity index (χ4v) is 5.34. The summed E-state index contributed by atoms with van der Waals surface area (Å²) in [6.45, 7) is 6.75. The van der Waals surface area contributed by atoms with Gasteiger partial charge in [0.15, 0.2) is 5.78 Å². The molecule has 192 valence electrons. The third-order valence-corrected chi connectivity index (χ3v) is 7.65. The number of benzene rings is 2. The van der Waals surface area contributed by atoms with E-state index in [1.807, 2.05) is 36.4 Å². The second kappa shape index (κ2) is 10.8. The van der Waals surface area contributed by atoms with Crippen LogP contribution in [0.1, 0.15) is 65.9 Å². The molecule has 1 fully saturated rings. The van der Waals surface area contributed by atoms with E-state index in [-0.39, 0.29) is 11.7 Å². The fraction of sp³-hybridized carbons (Fsp3) is 0.355. The van der Waals surface area contributed by atoms with Gasteiger partial charge in [-0.1, -0.05) is 29.8 Å². The predicted octanol–water partition coefficient (Wildman–Crippen LogP) is 6.27. The van der Waals surface area contributed by atoms with Gasteiger partial charge in [-0.15, -0.1) is 0 Å². The van der Waals surface area contributed by atoms with Crippen LogP contribution in [0.25, 0.3) is 5.57 Å². The lowest BCUT2D eigenvalue weighted by molar-refractivity contribution is 0.0784. The molecule has 5 rings (SSSR count). The Bertz CT molecular complexity index is 1300. The molecule has 2 aromatic carbocycles. The minimum atomic E-state index is -0.946. The Balaban J connectivity index is 1.30. The number of pyridine rings is 1. The van der Waals surface area contributed by atoms with E-state index < -0.39 is 5.60 Å².